The largest absolute Gasteiger partial charge is 0.359 e. The Labute approximate surface area is 113 Å². The highest BCUT2D eigenvalue weighted by molar-refractivity contribution is 5.82. The Hall–Kier alpha value is -1.63. The fourth-order valence-electron chi connectivity index (χ4n) is 2.18. The van der Waals surface area contributed by atoms with Crippen molar-refractivity contribution in [2.24, 2.45) is 11.7 Å². The first-order valence-corrected chi connectivity index (χ1v) is 6.44. The van der Waals surface area contributed by atoms with Gasteiger partial charge < -0.3 is 20.9 Å². The van der Waals surface area contributed by atoms with Crippen molar-refractivity contribution in [2.45, 2.75) is 13.3 Å². The summed E-state index contributed by atoms with van der Waals surface area (Å²) in [5, 5.41) is 2.57. The molecule has 108 valence electrons. The number of nitrogens with two attached hydrogens (primary N) is 1. The van der Waals surface area contributed by atoms with E-state index < -0.39 is 5.92 Å². The predicted octanol–water partition coefficient (Wildman–Crippen LogP) is -1.61. The van der Waals surface area contributed by atoms with Crippen molar-refractivity contribution in [1.82, 2.24) is 15.1 Å². The molecule has 19 heavy (non-hydrogen) atoms. The first-order valence-electron chi connectivity index (χ1n) is 6.44. The van der Waals surface area contributed by atoms with Gasteiger partial charge in [0.1, 0.15) is 0 Å². The van der Waals surface area contributed by atoms with Crippen molar-refractivity contribution in [1.29, 1.82) is 0 Å². The maximum absolute atomic E-state index is 11.9. The summed E-state index contributed by atoms with van der Waals surface area (Å²) < 4.78 is 0. The van der Waals surface area contributed by atoms with Crippen LogP contribution in [0.3, 0.4) is 0 Å². The first kappa shape index (κ1) is 15.4. The molecule has 0 aromatic rings. The van der Waals surface area contributed by atoms with Gasteiger partial charge in [0.2, 0.25) is 17.7 Å². The SMILES string of the molecule is CNC(=O)C1CN(C(C)=O)CCN(C(=O)CCN)C1. The van der Waals surface area contributed by atoms with Crippen molar-refractivity contribution in [3.8, 4) is 0 Å². The zero-order valence-corrected chi connectivity index (χ0v) is 11.5. The van der Waals surface area contributed by atoms with Crippen LogP contribution in [0.4, 0.5) is 0 Å². The van der Waals surface area contributed by atoms with Gasteiger partial charge in [0.15, 0.2) is 0 Å². The standard InChI is InChI=1S/C12H22N4O3/c1-9(17)15-5-6-16(11(18)3-4-13)8-10(7-15)12(19)14-2/h10H,3-8,13H2,1-2H3,(H,14,19). The van der Waals surface area contributed by atoms with Gasteiger partial charge in [0.25, 0.3) is 0 Å². The minimum absolute atomic E-state index is 0.0678. The minimum Gasteiger partial charge on any atom is -0.359 e. The van der Waals surface area contributed by atoms with Gasteiger partial charge in [-0.25, -0.2) is 0 Å². The van der Waals surface area contributed by atoms with Gasteiger partial charge in [-0.15, -0.1) is 0 Å². The number of hydrogen-bond acceptors (Lipinski definition) is 4. The summed E-state index contributed by atoms with van der Waals surface area (Å²) >= 11 is 0. The molecule has 0 radical (unpaired) electrons. The van der Waals surface area contributed by atoms with E-state index in [9.17, 15) is 14.4 Å². The van der Waals surface area contributed by atoms with E-state index in [0.29, 0.717) is 26.2 Å². The molecule has 1 fully saturated rings. The lowest BCUT2D eigenvalue weighted by Crippen LogP contribution is -2.42. The first-order chi connectivity index (χ1) is 8.99. The summed E-state index contributed by atoms with van der Waals surface area (Å²) in [7, 11) is 1.55. The number of nitrogens with zero attached hydrogens (tertiary/aromatic N) is 2. The third kappa shape index (κ3) is 4.20. The van der Waals surface area contributed by atoms with Crippen LogP contribution in [0, 0.1) is 5.92 Å². The highest BCUT2D eigenvalue weighted by atomic mass is 16.2. The second-order valence-corrected chi connectivity index (χ2v) is 4.65. The molecule has 0 aromatic heterocycles. The highest BCUT2D eigenvalue weighted by Crippen LogP contribution is 2.11. The quantitative estimate of drug-likeness (QED) is 0.645. The Morgan fingerprint density at radius 3 is 2.32 bits per heavy atom. The van der Waals surface area contributed by atoms with Crippen molar-refractivity contribution in [3.63, 3.8) is 0 Å². The number of nitrogens with one attached hydrogen (secondary N) is 1. The lowest BCUT2D eigenvalue weighted by Gasteiger charge is -2.23. The zero-order valence-electron chi connectivity index (χ0n) is 11.5. The van der Waals surface area contributed by atoms with Crippen LogP contribution in [0.2, 0.25) is 0 Å². The molecule has 0 spiro atoms. The van der Waals surface area contributed by atoms with Crippen LogP contribution in [-0.4, -0.2) is 67.3 Å². The Morgan fingerprint density at radius 2 is 1.79 bits per heavy atom. The second-order valence-electron chi connectivity index (χ2n) is 4.65. The minimum atomic E-state index is -0.391. The van der Waals surface area contributed by atoms with Gasteiger partial charge in [0.05, 0.1) is 5.92 Å². The topological polar surface area (TPSA) is 95.7 Å². The molecule has 1 rings (SSSR count). The number of rotatable bonds is 3. The maximum atomic E-state index is 11.9. The lowest BCUT2D eigenvalue weighted by atomic mass is 10.1. The second kappa shape index (κ2) is 7.08. The van der Waals surface area contributed by atoms with Crippen LogP contribution in [0.15, 0.2) is 0 Å². The van der Waals surface area contributed by atoms with Crippen molar-refractivity contribution < 1.29 is 14.4 Å². The summed E-state index contributed by atoms with van der Waals surface area (Å²) in [5.74, 6) is -0.694. The molecule has 3 N–H and O–H groups in total. The third-order valence-electron chi connectivity index (χ3n) is 3.29. The van der Waals surface area contributed by atoms with Gasteiger partial charge in [-0.2, -0.15) is 0 Å². The average Bonchev–Trinajstić information content (AvgIpc) is 2.61. The number of hydrogen-bond donors (Lipinski definition) is 2. The molecular weight excluding hydrogens is 248 g/mol. The molecule has 1 aliphatic heterocycles. The summed E-state index contributed by atoms with van der Waals surface area (Å²) in [6, 6.07) is 0. The molecule has 1 unspecified atom stereocenters. The summed E-state index contributed by atoms with van der Waals surface area (Å²) in [4.78, 5) is 38.4. The average molecular weight is 270 g/mol. The molecule has 1 saturated heterocycles. The lowest BCUT2D eigenvalue weighted by molar-refractivity contribution is -0.132. The van der Waals surface area contributed by atoms with E-state index in [-0.39, 0.29) is 30.7 Å². The molecule has 3 amide bonds. The number of amides is 3. The van der Waals surface area contributed by atoms with Crippen molar-refractivity contribution >= 4 is 17.7 Å². The van der Waals surface area contributed by atoms with Gasteiger partial charge in [-0.05, 0) is 0 Å². The van der Waals surface area contributed by atoms with Crippen LogP contribution in [-0.2, 0) is 14.4 Å². The number of carbonyl (C=O) groups is 3. The molecule has 1 aliphatic rings. The molecule has 0 bridgehead atoms. The van der Waals surface area contributed by atoms with Crippen LogP contribution in [0.25, 0.3) is 0 Å². The smallest absolute Gasteiger partial charge is 0.226 e. The molecule has 1 atom stereocenters. The van der Waals surface area contributed by atoms with Gasteiger partial charge in [-0.1, -0.05) is 0 Å². The molecule has 7 heteroatoms. The molecule has 7 nitrogen and oxygen atoms in total. The van der Waals surface area contributed by atoms with Crippen LogP contribution >= 0.6 is 0 Å². The molecular formula is C12H22N4O3. The molecule has 1 heterocycles. The van der Waals surface area contributed by atoms with E-state index in [1.54, 1.807) is 16.8 Å². The Morgan fingerprint density at radius 1 is 1.21 bits per heavy atom. The van der Waals surface area contributed by atoms with Gasteiger partial charge in [0, 0.05) is 53.1 Å². The van der Waals surface area contributed by atoms with E-state index >= 15 is 0 Å². The molecule has 0 saturated carbocycles. The van der Waals surface area contributed by atoms with Crippen molar-refractivity contribution in [2.75, 3.05) is 39.8 Å². The molecule has 0 aliphatic carbocycles. The Balaban J connectivity index is 2.80. The fraction of sp³-hybridized carbons (Fsp3) is 0.750. The Kier molecular flexibility index (Phi) is 5.75. The van der Waals surface area contributed by atoms with Crippen molar-refractivity contribution in [3.05, 3.63) is 0 Å². The fourth-order valence-corrected chi connectivity index (χ4v) is 2.18. The maximum Gasteiger partial charge on any atom is 0.226 e. The normalized spacial score (nSPS) is 19.8. The van der Waals surface area contributed by atoms with Crippen LogP contribution in [0.1, 0.15) is 13.3 Å². The van der Waals surface area contributed by atoms with Crippen LogP contribution in [0.5, 0.6) is 0 Å². The zero-order chi connectivity index (χ0) is 14.4. The van der Waals surface area contributed by atoms with Crippen LogP contribution < -0.4 is 11.1 Å². The summed E-state index contributed by atoms with van der Waals surface area (Å²) in [6.07, 6.45) is 0.264. The van der Waals surface area contributed by atoms with Gasteiger partial charge >= 0.3 is 0 Å². The predicted molar refractivity (Wildman–Crippen MR) is 70.1 cm³/mol. The Bertz CT molecular complexity index is 359. The molecule has 0 aromatic carbocycles. The van der Waals surface area contributed by atoms with E-state index in [2.05, 4.69) is 5.32 Å². The summed E-state index contributed by atoms with van der Waals surface area (Å²) in [5.41, 5.74) is 5.38. The highest BCUT2D eigenvalue weighted by Gasteiger charge is 2.30. The summed E-state index contributed by atoms with van der Waals surface area (Å²) in [6.45, 7) is 3.35. The van der Waals surface area contributed by atoms with Gasteiger partial charge in [-0.3, -0.25) is 14.4 Å². The third-order valence-corrected chi connectivity index (χ3v) is 3.29. The van der Waals surface area contributed by atoms with E-state index in [1.165, 1.54) is 6.92 Å². The monoisotopic (exact) mass is 270 g/mol. The number of carbonyl (C=O) groups excluding carboxylic acids is 3. The van der Waals surface area contributed by atoms with E-state index in [0.717, 1.165) is 0 Å². The van der Waals surface area contributed by atoms with E-state index in [1.807, 2.05) is 0 Å². The van der Waals surface area contributed by atoms with E-state index in [4.69, 9.17) is 5.73 Å².